The summed E-state index contributed by atoms with van der Waals surface area (Å²) in [6.07, 6.45) is -4.23. The Labute approximate surface area is 234 Å². The third-order valence-corrected chi connectivity index (χ3v) is 8.18. The fourth-order valence-electron chi connectivity index (χ4n) is 5.87. The van der Waals surface area contributed by atoms with Gasteiger partial charge in [0.1, 0.15) is 17.7 Å². The van der Waals surface area contributed by atoms with Gasteiger partial charge in [0.15, 0.2) is 0 Å². The zero-order valence-electron chi connectivity index (χ0n) is 22.9. The van der Waals surface area contributed by atoms with Gasteiger partial charge in [-0.2, -0.15) is 13.2 Å². The number of piperidine rings is 1. The molecule has 2 heterocycles. The molecular weight excluding hydrogens is 549 g/mol. The minimum atomic E-state index is -4.77. The summed E-state index contributed by atoms with van der Waals surface area (Å²) >= 11 is 0. The maximum Gasteiger partial charge on any atom is 0.416 e. The summed E-state index contributed by atoms with van der Waals surface area (Å²) in [5, 5.41) is 2.44. The quantitative estimate of drug-likeness (QED) is 0.492. The summed E-state index contributed by atoms with van der Waals surface area (Å²) in [6, 6.07) is 6.56. The third-order valence-electron chi connectivity index (χ3n) is 8.18. The first-order valence-electron chi connectivity index (χ1n) is 13.3. The van der Waals surface area contributed by atoms with Crippen LogP contribution >= 0.6 is 0 Å². The number of benzene rings is 2. The van der Waals surface area contributed by atoms with Crippen molar-refractivity contribution in [2.45, 2.75) is 44.8 Å². The van der Waals surface area contributed by atoms with Gasteiger partial charge in [-0.1, -0.05) is 26.0 Å². The molecule has 7 nitrogen and oxygen atoms in total. The molecule has 2 fully saturated rings. The number of carbonyl (C=O) groups excluding carboxylic acids is 3. The third kappa shape index (κ3) is 6.31. The van der Waals surface area contributed by atoms with Gasteiger partial charge in [0, 0.05) is 32.1 Å². The van der Waals surface area contributed by atoms with E-state index >= 15 is 0 Å². The normalized spacial score (nSPS) is 19.4. The van der Waals surface area contributed by atoms with Crippen LogP contribution in [0.1, 0.15) is 54.1 Å². The smallest absolute Gasteiger partial charge is 0.416 e. The molecule has 0 aliphatic carbocycles. The number of hydrogen-bond acceptors (Lipinski definition) is 4. The van der Waals surface area contributed by atoms with Crippen LogP contribution in [0.2, 0.25) is 0 Å². The molecule has 12 heteroatoms. The molecule has 0 aromatic heterocycles. The number of amides is 3. The van der Waals surface area contributed by atoms with Crippen molar-refractivity contribution in [3.63, 3.8) is 0 Å². The molecule has 1 unspecified atom stereocenters. The average Bonchev–Trinajstić information content (AvgIpc) is 3.29. The van der Waals surface area contributed by atoms with Crippen LogP contribution in [-0.4, -0.2) is 67.0 Å². The summed E-state index contributed by atoms with van der Waals surface area (Å²) in [6.45, 7) is 4.70. The number of ether oxygens (including phenoxy) is 1. The van der Waals surface area contributed by atoms with Crippen molar-refractivity contribution in [2.24, 2.45) is 11.3 Å². The molecule has 4 rings (SSSR count). The molecule has 1 spiro atoms. The van der Waals surface area contributed by atoms with Gasteiger partial charge in [-0.05, 0) is 60.1 Å². The van der Waals surface area contributed by atoms with E-state index in [1.807, 2.05) is 0 Å². The van der Waals surface area contributed by atoms with Crippen molar-refractivity contribution in [3.05, 3.63) is 70.8 Å². The van der Waals surface area contributed by atoms with E-state index in [2.05, 4.69) is 5.32 Å². The number of halogens is 5. The molecule has 0 bridgehead atoms. The number of nitrogens with zero attached hydrogens (tertiary/aromatic N) is 2. The van der Waals surface area contributed by atoms with Crippen molar-refractivity contribution in [1.29, 1.82) is 0 Å². The maximum atomic E-state index is 14.3. The van der Waals surface area contributed by atoms with Crippen molar-refractivity contribution in [1.82, 2.24) is 15.1 Å². The molecule has 1 N–H and O–H groups in total. The molecule has 2 aliphatic heterocycles. The Hall–Kier alpha value is -3.70. The van der Waals surface area contributed by atoms with Gasteiger partial charge >= 0.3 is 12.3 Å². The van der Waals surface area contributed by atoms with Crippen LogP contribution in [-0.2, 0) is 15.7 Å². The second kappa shape index (κ2) is 11.7. The Balaban J connectivity index is 1.50. The van der Waals surface area contributed by atoms with Crippen LogP contribution in [0.15, 0.2) is 42.5 Å². The highest BCUT2D eigenvalue weighted by Crippen LogP contribution is 2.50. The minimum Gasteiger partial charge on any atom is -0.453 e. The predicted octanol–water partition coefficient (Wildman–Crippen LogP) is 5.21. The van der Waals surface area contributed by atoms with Gasteiger partial charge < -0.3 is 19.9 Å². The second-order valence-corrected chi connectivity index (χ2v) is 11.0. The molecule has 3 amide bonds. The van der Waals surface area contributed by atoms with Crippen molar-refractivity contribution in [2.75, 3.05) is 33.3 Å². The van der Waals surface area contributed by atoms with Crippen molar-refractivity contribution < 1.29 is 41.1 Å². The highest BCUT2D eigenvalue weighted by molar-refractivity contribution is 5.98. The van der Waals surface area contributed by atoms with Gasteiger partial charge in [0.05, 0.1) is 18.2 Å². The first kappa shape index (κ1) is 30.3. The molecule has 222 valence electrons. The van der Waals surface area contributed by atoms with E-state index in [1.54, 1.807) is 35.8 Å². The van der Waals surface area contributed by atoms with Gasteiger partial charge in [-0.15, -0.1) is 0 Å². The summed E-state index contributed by atoms with van der Waals surface area (Å²) in [5.41, 5.74) is -1.51. The van der Waals surface area contributed by atoms with Gasteiger partial charge in [-0.25, -0.2) is 13.6 Å². The first-order valence-corrected chi connectivity index (χ1v) is 13.3. The lowest BCUT2D eigenvalue weighted by molar-refractivity contribution is -0.138. The van der Waals surface area contributed by atoms with Crippen LogP contribution in [0.3, 0.4) is 0 Å². The van der Waals surface area contributed by atoms with Crippen LogP contribution in [0.5, 0.6) is 0 Å². The molecular formula is C29H32F5N3O4. The first-order chi connectivity index (χ1) is 19.3. The SMILES string of the molecule is COC(=O)N1CC(c2ccc(F)cc2)C2(CCN(C(=O)[C@H](NC(=O)c3cc(C(F)(F)F)ccc3F)C(C)C)CC2)C1. The molecule has 0 radical (unpaired) electrons. The lowest BCUT2D eigenvalue weighted by atomic mass is 9.68. The van der Waals surface area contributed by atoms with Crippen LogP contribution in [0, 0.1) is 23.0 Å². The number of likely N-dealkylation sites (tertiary alicyclic amines) is 2. The highest BCUT2D eigenvalue weighted by atomic mass is 19.4. The number of carbonyl (C=O) groups is 3. The Morgan fingerprint density at radius 1 is 1.00 bits per heavy atom. The summed E-state index contributed by atoms with van der Waals surface area (Å²) in [5.74, 6) is -3.62. The second-order valence-electron chi connectivity index (χ2n) is 11.0. The van der Waals surface area contributed by atoms with Gasteiger partial charge in [-0.3, -0.25) is 9.59 Å². The van der Waals surface area contributed by atoms with E-state index in [9.17, 15) is 36.3 Å². The van der Waals surface area contributed by atoms with Crippen molar-refractivity contribution >= 4 is 17.9 Å². The van der Waals surface area contributed by atoms with E-state index in [0.29, 0.717) is 57.2 Å². The van der Waals surface area contributed by atoms with Gasteiger partial charge in [0.25, 0.3) is 5.91 Å². The van der Waals surface area contributed by atoms with Crippen LogP contribution < -0.4 is 5.32 Å². The lowest BCUT2D eigenvalue weighted by Gasteiger charge is -2.43. The molecule has 2 aliphatic rings. The van der Waals surface area contributed by atoms with E-state index in [0.717, 1.165) is 5.56 Å². The Bertz CT molecular complexity index is 1290. The summed E-state index contributed by atoms with van der Waals surface area (Å²) < 4.78 is 72.3. The van der Waals surface area contributed by atoms with E-state index in [4.69, 9.17) is 4.74 Å². The summed E-state index contributed by atoms with van der Waals surface area (Å²) in [7, 11) is 1.30. The molecule has 2 saturated heterocycles. The standard InChI is InChI=1S/C29H32F5N3O4/c1-17(2)24(35-25(38)21-14-19(29(32,33)34)6-9-23(21)31)26(39)36-12-10-28(11-13-36)16-37(27(40)41-3)15-22(28)18-4-7-20(30)8-5-18/h4-9,14,17,22,24H,10-13,15-16H2,1-3H3,(H,35,38)/t22?,24-/m1/s1. The zero-order chi connectivity index (χ0) is 30.1. The number of alkyl halides is 3. The number of hydrogen-bond donors (Lipinski definition) is 1. The fraction of sp³-hybridized carbons (Fsp3) is 0.483. The van der Waals surface area contributed by atoms with Crippen LogP contribution in [0.4, 0.5) is 26.7 Å². The number of rotatable bonds is 5. The molecule has 41 heavy (non-hydrogen) atoms. The predicted molar refractivity (Wildman–Crippen MR) is 139 cm³/mol. The average molecular weight is 582 g/mol. The Kier molecular flexibility index (Phi) is 8.60. The zero-order valence-corrected chi connectivity index (χ0v) is 22.9. The molecule has 2 aromatic rings. The molecule has 0 saturated carbocycles. The van der Waals surface area contributed by atoms with Crippen molar-refractivity contribution in [3.8, 4) is 0 Å². The molecule has 2 atom stereocenters. The fourth-order valence-corrected chi connectivity index (χ4v) is 5.87. The highest BCUT2D eigenvalue weighted by Gasteiger charge is 2.51. The number of nitrogens with one attached hydrogen (secondary N) is 1. The Morgan fingerprint density at radius 2 is 1.63 bits per heavy atom. The minimum absolute atomic E-state index is 0.121. The lowest BCUT2D eigenvalue weighted by Crippen LogP contribution is -2.55. The molecule has 2 aromatic carbocycles. The monoisotopic (exact) mass is 581 g/mol. The number of methoxy groups -OCH3 is 1. The van der Waals surface area contributed by atoms with Gasteiger partial charge in [0.2, 0.25) is 5.91 Å². The largest absolute Gasteiger partial charge is 0.453 e. The maximum absolute atomic E-state index is 14.3. The topological polar surface area (TPSA) is 79.0 Å². The summed E-state index contributed by atoms with van der Waals surface area (Å²) in [4.78, 5) is 41.9. The van der Waals surface area contributed by atoms with E-state index < -0.39 is 58.4 Å². The van der Waals surface area contributed by atoms with E-state index in [1.165, 1.54) is 19.2 Å². The van der Waals surface area contributed by atoms with Crippen LogP contribution in [0.25, 0.3) is 0 Å². The Morgan fingerprint density at radius 3 is 2.20 bits per heavy atom. The van der Waals surface area contributed by atoms with E-state index in [-0.39, 0.29) is 11.7 Å².